The lowest BCUT2D eigenvalue weighted by atomic mass is 10.1. The molecule has 2 rings (SSSR count). The number of rotatable bonds is 6. The second-order valence-corrected chi connectivity index (χ2v) is 4.37. The van der Waals surface area contributed by atoms with Crippen molar-refractivity contribution in [3.05, 3.63) is 35.9 Å². The maximum atomic E-state index is 11.3. The molecule has 104 valence electrons. The highest BCUT2D eigenvalue weighted by atomic mass is 16.4. The van der Waals surface area contributed by atoms with Crippen molar-refractivity contribution in [2.75, 3.05) is 11.9 Å². The van der Waals surface area contributed by atoms with E-state index in [2.05, 4.69) is 10.3 Å². The highest BCUT2D eigenvalue weighted by molar-refractivity contribution is 6.03. The molecule has 1 amide bonds. The average molecular weight is 273 g/mol. The van der Waals surface area contributed by atoms with Crippen molar-refractivity contribution in [1.29, 1.82) is 0 Å². The molecule has 20 heavy (non-hydrogen) atoms. The monoisotopic (exact) mass is 273 g/mol. The minimum Gasteiger partial charge on any atom is -0.478 e. The predicted octanol–water partition coefficient (Wildman–Crippen LogP) is 1.61. The van der Waals surface area contributed by atoms with Gasteiger partial charge in [0.05, 0.1) is 11.1 Å². The van der Waals surface area contributed by atoms with Crippen LogP contribution in [0.2, 0.25) is 0 Å². The van der Waals surface area contributed by atoms with Gasteiger partial charge in [0.1, 0.15) is 5.82 Å². The number of hydrogen-bond acceptors (Lipinski definition) is 4. The van der Waals surface area contributed by atoms with Gasteiger partial charge in [-0.05, 0) is 18.6 Å². The number of carboxylic acid groups (broad SMARTS) is 1. The van der Waals surface area contributed by atoms with Crippen LogP contribution >= 0.6 is 0 Å². The van der Waals surface area contributed by atoms with Gasteiger partial charge in [0.25, 0.3) is 0 Å². The molecule has 0 fully saturated rings. The lowest BCUT2D eigenvalue weighted by molar-refractivity contribution is -0.118. The lowest BCUT2D eigenvalue weighted by Gasteiger charge is -2.08. The van der Waals surface area contributed by atoms with Gasteiger partial charge in [-0.15, -0.1) is 0 Å². The third kappa shape index (κ3) is 3.23. The molecule has 0 aliphatic rings. The standard InChI is InChI=1S/C14H15N3O3/c15-12(18)6-3-7-16-13-8-10(14(19)20)9-4-1-2-5-11(9)17-13/h1-2,4-5,8H,3,6-7H2,(H2,15,18)(H,16,17)(H,19,20). The van der Waals surface area contributed by atoms with Crippen molar-refractivity contribution in [1.82, 2.24) is 4.98 Å². The van der Waals surface area contributed by atoms with E-state index in [4.69, 9.17) is 5.73 Å². The number of nitrogens with one attached hydrogen (secondary N) is 1. The SMILES string of the molecule is NC(=O)CCCNc1cc(C(=O)O)c2ccccc2n1. The summed E-state index contributed by atoms with van der Waals surface area (Å²) >= 11 is 0. The fraction of sp³-hybridized carbons (Fsp3) is 0.214. The van der Waals surface area contributed by atoms with Crippen LogP contribution in [0.15, 0.2) is 30.3 Å². The molecule has 0 atom stereocenters. The van der Waals surface area contributed by atoms with E-state index >= 15 is 0 Å². The van der Waals surface area contributed by atoms with Crippen LogP contribution in [0.25, 0.3) is 10.9 Å². The number of benzene rings is 1. The van der Waals surface area contributed by atoms with Crippen LogP contribution in [0.5, 0.6) is 0 Å². The summed E-state index contributed by atoms with van der Waals surface area (Å²) in [6.45, 7) is 0.507. The Morgan fingerprint density at radius 2 is 2.05 bits per heavy atom. The van der Waals surface area contributed by atoms with Gasteiger partial charge in [0.15, 0.2) is 0 Å². The lowest BCUT2D eigenvalue weighted by Crippen LogP contribution is -2.13. The van der Waals surface area contributed by atoms with Crippen LogP contribution in [0, 0.1) is 0 Å². The van der Waals surface area contributed by atoms with Crippen LogP contribution in [-0.2, 0) is 4.79 Å². The van der Waals surface area contributed by atoms with Crippen molar-refractivity contribution >= 4 is 28.6 Å². The van der Waals surface area contributed by atoms with Gasteiger partial charge in [0.2, 0.25) is 5.91 Å². The van der Waals surface area contributed by atoms with Gasteiger partial charge >= 0.3 is 5.97 Å². The number of fused-ring (bicyclic) bond motifs is 1. The highest BCUT2D eigenvalue weighted by Gasteiger charge is 2.11. The summed E-state index contributed by atoms with van der Waals surface area (Å²) < 4.78 is 0. The van der Waals surface area contributed by atoms with Gasteiger partial charge in [-0.25, -0.2) is 9.78 Å². The molecule has 4 N–H and O–H groups in total. The Morgan fingerprint density at radius 3 is 2.75 bits per heavy atom. The van der Waals surface area contributed by atoms with E-state index < -0.39 is 5.97 Å². The first-order valence-electron chi connectivity index (χ1n) is 6.23. The Balaban J connectivity index is 2.22. The first-order chi connectivity index (χ1) is 9.58. The average Bonchev–Trinajstić information content (AvgIpc) is 2.42. The Morgan fingerprint density at radius 1 is 1.30 bits per heavy atom. The van der Waals surface area contributed by atoms with Crippen LogP contribution in [0.1, 0.15) is 23.2 Å². The summed E-state index contributed by atoms with van der Waals surface area (Å²) in [7, 11) is 0. The van der Waals surface area contributed by atoms with Crippen LogP contribution < -0.4 is 11.1 Å². The number of carbonyl (C=O) groups excluding carboxylic acids is 1. The fourth-order valence-electron chi connectivity index (χ4n) is 1.92. The molecule has 1 heterocycles. The molecule has 1 aromatic heterocycles. The van der Waals surface area contributed by atoms with Crippen molar-refractivity contribution in [3.63, 3.8) is 0 Å². The first-order valence-corrected chi connectivity index (χ1v) is 6.23. The highest BCUT2D eigenvalue weighted by Crippen LogP contribution is 2.20. The van der Waals surface area contributed by atoms with Crippen LogP contribution in [0.3, 0.4) is 0 Å². The van der Waals surface area contributed by atoms with E-state index in [1.165, 1.54) is 6.07 Å². The number of anilines is 1. The second-order valence-electron chi connectivity index (χ2n) is 4.37. The second kappa shape index (κ2) is 6.01. The summed E-state index contributed by atoms with van der Waals surface area (Å²) in [5.74, 6) is -0.876. The van der Waals surface area contributed by atoms with Crippen molar-refractivity contribution in [2.24, 2.45) is 5.73 Å². The normalized spacial score (nSPS) is 10.4. The zero-order valence-electron chi connectivity index (χ0n) is 10.8. The van der Waals surface area contributed by atoms with Crippen molar-refractivity contribution < 1.29 is 14.7 Å². The maximum Gasteiger partial charge on any atom is 0.336 e. The van der Waals surface area contributed by atoms with E-state index in [9.17, 15) is 14.7 Å². The van der Waals surface area contributed by atoms with E-state index in [0.29, 0.717) is 29.7 Å². The number of primary amides is 1. The summed E-state index contributed by atoms with van der Waals surface area (Å²) in [5, 5.41) is 12.8. The molecule has 0 bridgehead atoms. The molecule has 1 aromatic carbocycles. The molecule has 0 radical (unpaired) electrons. The zero-order valence-corrected chi connectivity index (χ0v) is 10.8. The molecule has 0 spiro atoms. The maximum absolute atomic E-state index is 11.3. The van der Waals surface area contributed by atoms with Gasteiger partial charge in [-0.3, -0.25) is 4.79 Å². The smallest absolute Gasteiger partial charge is 0.336 e. The quantitative estimate of drug-likeness (QED) is 0.693. The Labute approximate surface area is 115 Å². The number of aromatic carboxylic acids is 1. The minimum absolute atomic E-state index is 0.202. The zero-order chi connectivity index (χ0) is 14.5. The number of nitrogens with zero attached hydrogens (tertiary/aromatic N) is 1. The summed E-state index contributed by atoms with van der Waals surface area (Å²) in [6, 6.07) is 8.56. The molecule has 0 unspecified atom stereocenters. The third-order valence-corrected chi connectivity index (χ3v) is 2.85. The number of carbonyl (C=O) groups is 2. The molecule has 0 saturated heterocycles. The molecular weight excluding hydrogens is 258 g/mol. The fourth-order valence-corrected chi connectivity index (χ4v) is 1.92. The first kappa shape index (κ1) is 13.8. The number of hydrogen-bond donors (Lipinski definition) is 3. The van der Waals surface area contributed by atoms with Crippen LogP contribution in [0.4, 0.5) is 5.82 Å². The third-order valence-electron chi connectivity index (χ3n) is 2.85. The molecule has 0 aliphatic heterocycles. The number of carboxylic acids is 1. The molecular formula is C14H15N3O3. The summed E-state index contributed by atoms with van der Waals surface area (Å²) in [5.41, 5.74) is 5.87. The van der Waals surface area contributed by atoms with Gasteiger partial charge < -0.3 is 16.2 Å². The molecule has 0 saturated carbocycles. The van der Waals surface area contributed by atoms with E-state index in [-0.39, 0.29) is 17.9 Å². The molecule has 2 aromatic rings. The topological polar surface area (TPSA) is 105 Å². The van der Waals surface area contributed by atoms with Crippen LogP contribution in [-0.4, -0.2) is 28.5 Å². The van der Waals surface area contributed by atoms with Crippen molar-refractivity contribution in [2.45, 2.75) is 12.8 Å². The van der Waals surface area contributed by atoms with E-state index in [1.54, 1.807) is 24.3 Å². The Kier molecular flexibility index (Phi) is 4.14. The number of amides is 1. The predicted molar refractivity (Wildman–Crippen MR) is 75.6 cm³/mol. The van der Waals surface area contributed by atoms with E-state index in [0.717, 1.165) is 0 Å². The van der Waals surface area contributed by atoms with Crippen molar-refractivity contribution in [3.8, 4) is 0 Å². The largest absolute Gasteiger partial charge is 0.478 e. The molecule has 6 nitrogen and oxygen atoms in total. The number of para-hydroxylation sites is 1. The Hall–Kier alpha value is -2.63. The minimum atomic E-state index is -0.996. The summed E-state index contributed by atoms with van der Waals surface area (Å²) in [4.78, 5) is 26.2. The van der Waals surface area contributed by atoms with Gasteiger partial charge in [0, 0.05) is 18.4 Å². The van der Waals surface area contributed by atoms with Gasteiger partial charge in [-0.1, -0.05) is 18.2 Å². The molecule has 0 aliphatic carbocycles. The van der Waals surface area contributed by atoms with Gasteiger partial charge in [-0.2, -0.15) is 0 Å². The number of pyridine rings is 1. The number of nitrogens with two attached hydrogens (primary N) is 1. The Bertz CT molecular complexity index is 655. The molecule has 6 heteroatoms. The summed E-state index contributed by atoms with van der Waals surface area (Å²) in [6.07, 6.45) is 0.860. The van der Waals surface area contributed by atoms with E-state index in [1.807, 2.05) is 0 Å². The number of aromatic nitrogens is 1.